The minimum atomic E-state index is -0.677. The van der Waals surface area contributed by atoms with Crippen LogP contribution in [0.15, 0.2) is 64.2 Å². The summed E-state index contributed by atoms with van der Waals surface area (Å²) >= 11 is 0. The summed E-state index contributed by atoms with van der Waals surface area (Å²) < 4.78 is 1.28. The van der Waals surface area contributed by atoms with Gasteiger partial charge in [-0.2, -0.15) is 0 Å². The Morgan fingerprint density at radius 2 is 1.70 bits per heavy atom. The lowest BCUT2D eigenvalue weighted by atomic mass is 10.2. The average Bonchev–Trinajstić information content (AvgIpc) is 2.79. The summed E-state index contributed by atoms with van der Waals surface area (Å²) in [5, 5.41) is 0. The standard InChI is InChI=1S/C25H31N5O3/c1-5-28(21(31)16-29(17(2)3)20-13-11-18(4)12-14-20)22-23(26)30(25(33)27-24(22)32)15-19-9-7-6-8-10-19/h6-14,17H,5,15-16,26H2,1-4H3,(H,27,32,33). The fourth-order valence-electron chi connectivity index (χ4n) is 3.76. The van der Waals surface area contributed by atoms with Crippen molar-refractivity contribution in [3.63, 3.8) is 0 Å². The maximum atomic E-state index is 13.4. The van der Waals surface area contributed by atoms with E-state index < -0.39 is 11.2 Å². The van der Waals surface area contributed by atoms with Crippen LogP contribution in [0.2, 0.25) is 0 Å². The molecule has 1 aromatic heterocycles. The maximum absolute atomic E-state index is 13.4. The number of likely N-dealkylation sites (N-methyl/N-ethyl adjacent to an activating group) is 1. The first-order valence-corrected chi connectivity index (χ1v) is 11.0. The smallest absolute Gasteiger partial charge is 0.330 e. The lowest BCUT2D eigenvalue weighted by Gasteiger charge is -2.31. The molecular weight excluding hydrogens is 418 g/mol. The molecule has 0 bridgehead atoms. The van der Waals surface area contributed by atoms with Crippen molar-refractivity contribution < 1.29 is 4.79 Å². The van der Waals surface area contributed by atoms with Gasteiger partial charge in [0.1, 0.15) is 5.82 Å². The van der Waals surface area contributed by atoms with Crippen molar-refractivity contribution >= 4 is 23.1 Å². The van der Waals surface area contributed by atoms with Crippen LogP contribution in [0.1, 0.15) is 31.9 Å². The summed E-state index contributed by atoms with van der Waals surface area (Å²) in [4.78, 5) is 44.2. The molecule has 1 heterocycles. The van der Waals surface area contributed by atoms with Crippen molar-refractivity contribution in [3.8, 4) is 0 Å². The summed E-state index contributed by atoms with van der Waals surface area (Å²) in [5.74, 6) is -0.317. The van der Waals surface area contributed by atoms with E-state index in [-0.39, 0.29) is 43.1 Å². The van der Waals surface area contributed by atoms with Crippen LogP contribution in [0.4, 0.5) is 17.2 Å². The van der Waals surface area contributed by atoms with Crippen LogP contribution in [0.5, 0.6) is 0 Å². The lowest BCUT2D eigenvalue weighted by Crippen LogP contribution is -2.46. The molecule has 3 N–H and O–H groups in total. The molecule has 0 aliphatic rings. The summed E-state index contributed by atoms with van der Waals surface area (Å²) in [6, 6.07) is 17.3. The van der Waals surface area contributed by atoms with Gasteiger partial charge < -0.3 is 15.5 Å². The molecule has 0 unspecified atom stereocenters. The third-order valence-corrected chi connectivity index (χ3v) is 5.58. The Morgan fingerprint density at radius 3 is 2.27 bits per heavy atom. The normalized spacial score (nSPS) is 10.9. The highest BCUT2D eigenvalue weighted by Crippen LogP contribution is 2.21. The van der Waals surface area contributed by atoms with Crippen molar-refractivity contribution in [3.05, 3.63) is 86.6 Å². The van der Waals surface area contributed by atoms with Gasteiger partial charge in [0.15, 0.2) is 5.69 Å². The third kappa shape index (κ3) is 5.34. The molecule has 33 heavy (non-hydrogen) atoms. The van der Waals surface area contributed by atoms with Crippen LogP contribution >= 0.6 is 0 Å². The van der Waals surface area contributed by atoms with Crippen LogP contribution < -0.4 is 26.8 Å². The van der Waals surface area contributed by atoms with Crippen LogP contribution in [0.25, 0.3) is 0 Å². The van der Waals surface area contributed by atoms with Crippen molar-refractivity contribution in [2.45, 2.75) is 40.3 Å². The van der Waals surface area contributed by atoms with E-state index in [0.29, 0.717) is 0 Å². The number of rotatable bonds is 8. The molecular formula is C25H31N5O3. The van der Waals surface area contributed by atoms with E-state index in [2.05, 4.69) is 4.98 Å². The Balaban J connectivity index is 1.96. The van der Waals surface area contributed by atoms with Crippen LogP contribution in [-0.2, 0) is 11.3 Å². The number of H-pyrrole nitrogens is 1. The van der Waals surface area contributed by atoms with Crippen LogP contribution in [-0.4, -0.2) is 34.6 Å². The van der Waals surface area contributed by atoms with E-state index in [9.17, 15) is 14.4 Å². The first kappa shape index (κ1) is 23.8. The number of nitrogens with two attached hydrogens (primary N) is 1. The number of nitrogens with zero attached hydrogens (tertiary/aromatic N) is 3. The molecule has 0 atom stereocenters. The number of hydrogen-bond acceptors (Lipinski definition) is 5. The summed E-state index contributed by atoms with van der Waals surface area (Å²) in [6.07, 6.45) is 0. The lowest BCUT2D eigenvalue weighted by molar-refractivity contribution is -0.117. The Morgan fingerprint density at radius 1 is 1.06 bits per heavy atom. The van der Waals surface area contributed by atoms with Gasteiger partial charge >= 0.3 is 5.69 Å². The van der Waals surface area contributed by atoms with E-state index >= 15 is 0 Å². The number of amides is 1. The van der Waals surface area contributed by atoms with Gasteiger partial charge in [-0.05, 0) is 45.4 Å². The van der Waals surface area contributed by atoms with E-state index in [1.54, 1.807) is 6.92 Å². The number of nitrogen functional groups attached to an aromatic ring is 1. The number of carbonyl (C=O) groups excluding carboxylic acids is 1. The fourth-order valence-corrected chi connectivity index (χ4v) is 3.76. The highest BCUT2D eigenvalue weighted by atomic mass is 16.2. The first-order chi connectivity index (χ1) is 15.7. The molecule has 2 aromatic carbocycles. The molecule has 8 nitrogen and oxygen atoms in total. The van der Waals surface area contributed by atoms with Gasteiger partial charge in [0, 0.05) is 18.3 Å². The van der Waals surface area contributed by atoms with E-state index in [4.69, 9.17) is 5.73 Å². The minimum absolute atomic E-state index is 0.00866. The summed E-state index contributed by atoms with van der Waals surface area (Å²) in [5.41, 5.74) is 7.89. The second-order valence-corrected chi connectivity index (χ2v) is 8.26. The maximum Gasteiger partial charge on any atom is 0.330 e. The highest BCUT2D eigenvalue weighted by molar-refractivity contribution is 5.98. The zero-order chi connectivity index (χ0) is 24.1. The topological polar surface area (TPSA) is 104 Å². The number of carbonyl (C=O) groups is 1. The third-order valence-electron chi connectivity index (χ3n) is 5.58. The number of aromatic amines is 1. The Labute approximate surface area is 193 Å². The molecule has 1 amide bonds. The van der Waals surface area contributed by atoms with E-state index in [1.807, 2.05) is 80.3 Å². The molecule has 8 heteroatoms. The zero-order valence-corrected chi connectivity index (χ0v) is 19.5. The van der Waals surface area contributed by atoms with Crippen LogP contribution in [0.3, 0.4) is 0 Å². The van der Waals surface area contributed by atoms with E-state index in [1.165, 1.54) is 9.47 Å². The molecule has 0 saturated carbocycles. The molecule has 0 radical (unpaired) electrons. The number of anilines is 3. The van der Waals surface area contributed by atoms with Gasteiger partial charge in [-0.1, -0.05) is 48.0 Å². The Hall–Kier alpha value is -3.81. The van der Waals surface area contributed by atoms with Crippen molar-refractivity contribution in [2.24, 2.45) is 0 Å². The SMILES string of the molecule is CCN(C(=O)CN(c1ccc(C)cc1)C(C)C)c1c(N)n(Cc2ccccc2)c(=O)[nH]c1=O. The fraction of sp³-hybridized carbons (Fsp3) is 0.320. The number of aryl methyl sites for hydroxylation is 1. The molecule has 0 aliphatic carbocycles. The van der Waals surface area contributed by atoms with E-state index in [0.717, 1.165) is 16.8 Å². The van der Waals surface area contributed by atoms with Gasteiger partial charge in [0.25, 0.3) is 5.56 Å². The van der Waals surface area contributed by atoms with Gasteiger partial charge in [0.2, 0.25) is 5.91 Å². The van der Waals surface area contributed by atoms with Gasteiger partial charge in [-0.15, -0.1) is 0 Å². The molecule has 0 aliphatic heterocycles. The predicted molar refractivity (Wildman–Crippen MR) is 133 cm³/mol. The largest absolute Gasteiger partial charge is 0.383 e. The van der Waals surface area contributed by atoms with Gasteiger partial charge in [-0.3, -0.25) is 19.1 Å². The molecule has 0 saturated heterocycles. The second-order valence-electron chi connectivity index (χ2n) is 8.26. The molecule has 0 spiro atoms. The molecule has 3 aromatic rings. The number of benzene rings is 2. The van der Waals surface area contributed by atoms with Gasteiger partial charge in [0.05, 0.1) is 13.1 Å². The van der Waals surface area contributed by atoms with Crippen LogP contribution in [0, 0.1) is 6.92 Å². The monoisotopic (exact) mass is 449 g/mol. The number of nitrogens with one attached hydrogen (secondary N) is 1. The van der Waals surface area contributed by atoms with Gasteiger partial charge in [-0.25, -0.2) is 4.79 Å². The molecule has 174 valence electrons. The zero-order valence-electron chi connectivity index (χ0n) is 19.5. The first-order valence-electron chi connectivity index (χ1n) is 11.0. The number of aromatic nitrogens is 2. The highest BCUT2D eigenvalue weighted by Gasteiger charge is 2.25. The second kappa shape index (κ2) is 10.2. The van der Waals surface area contributed by atoms with Crippen molar-refractivity contribution in [1.29, 1.82) is 0 Å². The van der Waals surface area contributed by atoms with Crippen molar-refractivity contribution in [2.75, 3.05) is 28.6 Å². The Kier molecular flexibility index (Phi) is 7.37. The Bertz CT molecular complexity index is 1210. The summed E-state index contributed by atoms with van der Waals surface area (Å²) in [6.45, 7) is 8.26. The predicted octanol–water partition coefficient (Wildman–Crippen LogP) is 2.74. The average molecular weight is 450 g/mol. The number of hydrogen-bond donors (Lipinski definition) is 2. The van der Waals surface area contributed by atoms with Crippen molar-refractivity contribution in [1.82, 2.24) is 9.55 Å². The molecule has 0 fully saturated rings. The summed E-state index contributed by atoms with van der Waals surface area (Å²) in [7, 11) is 0. The quantitative estimate of drug-likeness (QED) is 0.550. The minimum Gasteiger partial charge on any atom is -0.383 e. The molecule has 3 rings (SSSR count).